The standard InChI is InChI=1S/C20H26O6/c1-3-4-5-6-7-14(2)12-25-20(23)13-24-15-8-9-16-17(21)11-19(22)26-18(16)10-15/h8-11,14,21H,3-7,12-13H2,1-2H3. The van der Waals surface area contributed by atoms with Crippen LogP contribution >= 0.6 is 0 Å². The van der Waals surface area contributed by atoms with Crippen molar-refractivity contribution < 1.29 is 23.8 Å². The Kier molecular flexibility index (Phi) is 7.51. The molecule has 1 atom stereocenters. The summed E-state index contributed by atoms with van der Waals surface area (Å²) >= 11 is 0. The number of unbranched alkanes of at least 4 members (excludes halogenated alkanes) is 3. The summed E-state index contributed by atoms with van der Waals surface area (Å²) in [7, 11) is 0. The maximum absolute atomic E-state index is 11.8. The maximum atomic E-state index is 11.8. The topological polar surface area (TPSA) is 86.0 Å². The minimum atomic E-state index is -0.653. The molecule has 26 heavy (non-hydrogen) atoms. The summed E-state index contributed by atoms with van der Waals surface area (Å²) in [5.41, 5.74) is -0.457. The molecule has 1 heterocycles. The molecule has 0 aliphatic carbocycles. The number of esters is 1. The van der Waals surface area contributed by atoms with Gasteiger partial charge in [-0.05, 0) is 24.5 Å². The molecule has 0 radical (unpaired) electrons. The second kappa shape index (κ2) is 9.85. The number of aromatic hydroxyl groups is 1. The lowest BCUT2D eigenvalue weighted by molar-refractivity contribution is -0.147. The lowest BCUT2D eigenvalue weighted by atomic mass is 10.0. The zero-order valence-electron chi connectivity index (χ0n) is 15.3. The Hall–Kier alpha value is -2.50. The van der Waals surface area contributed by atoms with Gasteiger partial charge >= 0.3 is 11.6 Å². The molecule has 0 spiro atoms. The molecule has 2 rings (SSSR count). The van der Waals surface area contributed by atoms with E-state index >= 15 is 0 Å². The average Bonchev–Trinajstić information content (AvgIpc) is 2.61. The van der Waals surface area contributed by atoms with Gasteiger partial charge in [0.15, 0.2) is 6.61 Å². The molecule has 6 heteroatoms. The van der Waals surface area contributed by atoms with Crippen molar-refractivity contribution >= 4 is 16.9 Å². The minimum absolute atomic E-state index is 0.157. The molecule has 0 saturated carbocycles. The van der Waals surface area contributed by atoms with Gasteiger partial charge in [0.1, 0.15) is 17.1 Å². The van der Waals surface area contributed by atoms with Gasteiger partial charge in [-0.1, -0.05) is 39.5 Å². The highest BCUT2D eigenvalue weighted by molar-refractivity contribution is 5.84. The predicted molar refractivity (Wildman–Crippen MR) is 98.5 cm³/mol. The molecule has 142 valence electrons. The van der Waals surface area contributed by atoms with Gasteiger partial charge in [-0.2, -0.15) is 0 Å². The average molecular weight is 362 g/mol. The van der Waals surface area contributed by atoms with Crippen molar-refractivity contribution in [3.8, 4) is 11.5 Å². The predicted octanol–water partition coefficient (Wildman–Crippen LogP) is 4.03. The van der Waals surface area contributed by atoms with E-state index in [1.165, 1.54) is 25.3 Å². The number of fused-ring (bicyclic) bond motifs is 1. The molecular formula is C20H26O6. The number of ether oxygens (including phenoxy) is 2. The maximum Gasteiger partial charge on any atom is 0.344 e. The number of rotatable bonds is 10. The van der Waals surface area contributed by atoms with Gasteiger partial charge in [-0.3, -0.25) is 0 Å². The van der Waals surface area contributed by atoms with Crippen LogP contribution in [0.5, 0.6) is 11.5 Å². The normalized spacial score (nSPS) is 12.1. The SMILES string of the molecule is CCCCCCC(C)COC(=O)COc1ccc2c(O)cc(=O)oc2c1. The number of hydrogen-bond acceptors (Lipinski definition) is 6. The molecule has 1 N–H and O–H groups in total. The zero-order valence-corrected chi connectivity index (χ0v) is 15.3. The fraction of sp³-hybridized carbons (Fsp3) is 0.500. The van der Waals surface area contributed by atoms with E-state index in [0.29, 0.717) is 23.7 Å². The quantitative estimate of drug-likeness (QED) is 0.390. The molecular weight excluding hydrogens is 336 g/mol. The molecule has 0 fully saturated rings. The molecule has 1 aromatic carbocycles. The molecule has 0 bridgehead atoms. The number of carbonyl (C=O) groups excluding carboxylic acids is 1. The summed E-state index contributed by atoms with van der Waals surface area (Å²) in [5.74, 6) is 0.0857. The first-order valence-electron chi connectivity index (χ1n) is 9.05. The van der Waals surface area contributed by atoms with Crippen molar-refractivity contribution in [2.24, 2.45) is 5.92 Å². The van der Waals surface area contributed by atoms with Crippen LogP contribution in [0.2, 0.25) is 0 Å². The van der Waals surface area contributed by atoms with Crippen LogP contribution in [0.3, 0.4) is 0 Å². The van der Waals surface area contributed by atoms with E-state index in [2.05, 4.69) is 13.8 Å². The Morgan fingerprint density at radius 1 is 1.23 bits per heavy atom. The number of carbonyl (C=O) groups is 1. The Balaban J connectivity index is 1.78. The highest BCUT2D eigenvalue weighted by Gasteiger charge is 2.10. The van der Waals surface area contributed by atoms with Crippen molar-refractivity contribution in [1.29, 1.82) is 0 Å². The largest absolute Gasteiger partial charge is 0.507 e. The first-order chi connectivity index (χ1) is 12.5. The first-order valence-corrected chi connectivity index (χ1v) is 9.05. The molecule has 0 amide bonds. The third kappa shape index (κ3) is 6.10. The van der Waals surface area contributed by atoms with E-state index in [9.17, 15) is 14.7 Å². The van der Waals surface area contributed by atoms with E-state index in [-0.39, 0.29) is 17.9 Å². The van der Waals surface area contributed by atoms with Crippen LogP contribution in [-0.4, -0.2) is 24.3 Å². The molecule has 0 aliphatic heterocycles. The summed E-state index contributed by atoms with van der Waals surface area (Å²) in [4.78, 5) is 23.1. The summed E-state index contributed by atoms with van der Waals surface area (Å²) in [6, 6.07) is 5.61. The fourth-order valence-electron chi connectivity index (χ4n) is 2.64. The van der Waals surface area contributed by atoms with Crippen molar-refractivity contribution in [2.75, 3.05) is 13.2 Å². The molecule has 2 aromatic rings. The van der Waals surface area contributed by atoms with Crippen LogP contribution in [0.15, 0.2) is 33.5 Å². The highest BCUT2D eigenvalue weighted by Crippen LogP contribution is 2.26. The van der Waals surface area contributed by atoms with Gasteiger partial charge in [0.05, 0.1) is 18.1 Å². The van der Waals surface area contributed by atoms with Crippen molar-refractivity contribution in [1.82, 2.24) is 0 Å². The highest BCUT2D eigenvalue weighted by atomic mass is 16.6. The van der Waals surface area contributed by atoms with E-state index in [1.54, 1.807) is 12.1 Å². The Morgan fingerprint density at radius 2 is 2.04 bits per heavy atom. The molecule has 0 saturated heterocycles. The van der Waals surface area contributed by atoms with E-state index in [1.807, 2.05) is 0 Å². The summed E-state index contributed by atoms with van der Waals surface area (Å²) in [5, 5.41) is 10.1. The van der Waals surface area contributed by atoms with E-state index in [4.69, 9.17) is 13.9 Å². The number of hydrogen-bond donors (Lipinski definition) is 1. The second-order valence-corrected chi connectivity index (χ2v) is 6.53. The van der Waals surface area contributed by atoms with Crippen molar-refractivity contribution in [2.45, 2.75) is 46.0 Å². The first kappa shape index (κ1) is 19.8. The van der Waals surface area contributed by atoms with Crippen LogP contribution in [0, 0.1) is 5.92 Å². The molecule has 1 aromatic heterocycles. The smallest absolute Gasteiger partial charge is 0.344 e. The third-order valence-corrected chi connectivity index (χ3v) is 4.13. The van der Waals surface area contributed by atoms with Gasteiger partial charge in [0.25, 0.3) is 0 Å². The van der Waals surface area contributed by atoms with Gasteiger partial charge in [-0.25, -0.2) is 9.59 Å². The molecule has 1 unspecified atom stereocenters. The summed E-state index contributed by atoms with van der Waals surface area (Å²) in [6.45, 7) is 4.40. The van der Waals surface area contributed by atoms with Crippen LogP contribution < -0.4 is 10.4 Å². The van der Waals surface area contributed by atoms with E-state index in [0.717, 1.165) is 18.9 Å². The summed E-state index contributed by atoms with van der Waals surface area (Å²) < 4.78 is 15.6. The van der Waals surface area contributed by atoms with Gasteiger partial charge in [0, 0.05) is 6.07 Å². The Morgan fingerprint density at radius 3 is 2.81 bits per heavy atom. The Bertz CT molecular complexity index is 779. The van der Waals surface area contributed by atoms with Crippen LogP contribution in [0.25, 0.3) is 11.0 Å². The lowest BCUT2D eigenvalue weighted by Gasteiger charge is -2.12. The lowest BCUT2D eigenvalue weighted by Crippen LogP contribution is -2.18. The Labute approximate surface area is 152 Å². The van der Waals surface area contributed by atoms with Gasteiger partial charge < -0.3 is 19.0 Å². The van der Waals surface area contributed by atoms with Crippen LogP contribution in [0.4, 0.5) is 0 Å². The van der Waals surface area contributed by atoms with E-state index < -0.39 is 11.6 Å². The van der Waals surface area contributed by atoms with Gasteiger partial charge in [0.2, 0.25) is 0 Å². The molecule has 6 nitrogen and oxygen atoms in total. The third-order valence-electron chi connectivity index (χ3n) is 4.13. The summed E-state index contributed by atoms with van der Waals surface area (Å²) in [6.07, 6.45) is 5.85. The zero-order chi connectivity index (χ0) is 18.9. The van der Waals surface area contributed by atoms with Crippen LogP contribution in [-0.2, 0) is 9.53 Å². The second-order valence-electron chi connectivity index (χ2n) is 6.53. The van der Waals surface area contributed by atoms with Crippen molar-refractivity contribution in [3.63, 3.8) is 0 Å². The molecule has 0 aliphatic rings. The van der Waals surface area contributed by atoms with Gasteiger partial charge in [-0.15, -0.1) is 0 Å². The monoisotopic (exact) mass is 362 g/mol. The minimum Gasteiger partial charge on any atom is -0.507 e. The number of benzene rings is 1. The van der Waals surface area contributed by atoms with Crippen molar-refractivity contribution in [3.05, 3.63) is 34.7 Å². The van der Waals surface area contributed by atoms with Crippen LogP contribution in [0.1, 0.15) is 46.0 Å². The fourth-order valence-corrected chi connectivity index (χ4v) is 2.64.